The van der Waals surface area contributed by atoms with Crippen molar-refractivity contribution in [1.29, 1.82) is 0 Å². The van der Waals surface area contributed by atoms with Crippen LogP contribution >= 0.6 is 0 Å². The Labute approximate surface area is 277 Å². The molecule has 8 aromatic carbocycles. The standard InChI is InChI=1S/C46H29NO/c1-3-11-30(12-4-1)34-21-26-36(39(29-34)31-13-5-2-6-14-31)32-19-24-35(25-20-32)47-40-17-9-7-15-37(40)45-41(47)27-22-33-23-28-43-46(44(33)45)38-16-8-10-18-42(38)48-43/h1-29H. The minimum Gasteiger partial charge on any atom is -0.456 e. The van der Waals surface area contributed by atoms with E-state index in [1.807, 2.05) is 6.07 Å². The number of benzene rings is 8. The molecule has 0 amide bonds. The van der Waals surface area contributed by atoms with E-state index >= 15 is 0 Å². The number of hydrogen-bond donors (Lipinski definition) is 0. The van der Waals surface area contributed by atoms with Gasteiger partial charge in [0.1, 0.15) is 11.2 Å². The van der Waals surface area contributed by atoms with Gasteiger partial charge < -0.3 is 8.98 Å². The predicted molar refractivity (Wildman–Crippen MR) is 202 cm³/mol. The molecule has 0 spiro atoms. The van der Waals surface area contributed by atoms with Gasteiger partial charge in [-0.2, -0.15) is 0 Å². The van der Waals surface area contributed by atoms with Crippen LogP contribution in [-0.2, 0) is 0 Å². The van der Waals surface area contributed by atoms with Crippen LogP contribution in [0.2, 0.25) is 0 Å². The normalized spacial score (nSPS) is 11.8. The van der Waals surface area contributed by atoms with E-state index in [2.05, 4.69) is 174 Å². The summed E-state index contributed by atoms with van der Waals surface area (Å²) in [5, 5.41) is 7.29. The van der Waals surface area contributed by atoms with Gasteiger partial charge in [-0.3, -0.25) is 0 Å². The highest BCUT2D eigenvalue weighted by Gasteiger charge is 2.19. The Balaban J connectivity index is 1.17. The highest BCUT2D eigenvalue weighted by Crippen LogP contribution is 2.43. The molecule has 2 heteroatoms. The van der Waals surface area contributed by atoms with Crippen LogP contribution < -0.4 is 0 Å². The first-order valence-electron chi connectivity index (χ1n) is 16.4. The largest absolute Gasteiger partial charge is 0.456 e. The highest BCUT2D eigenvalue weighted by atomic mass is 16.3. The first-order chi connectivity index (χ1) is 23.8. The Morgan fingerprint density at radius 2 is 1.00 bits per heavy atom. The molecule has 10 aromatic rings. The van der Waals surface area contributed by atoms with Crippen molar-refractivity contribution in [3.63, 3.8) is 0 Å². The summed E-state index contributed by atoms with van der Waals surface area (Å²) >= 11 is 0. The lowest BCUT2D eigenvalue weighted by atomic mass is 9.91. The molecule has 2 aromatic heterocycles. The SMILES string of the molecule is c1ccc(-c2ccc(-c3ccc(-n4c5ccccc5c5c6c(ccc7oc8ccccc8c76)ccc54)cc3)c(-c3ccccc3)c2)cc1. The molecule has 0 aliphatic carbocycles. The van der Waals surface area contributed by atoms with Crippen molar-refractivity contribution in [2.24, 2.45) is 0 Å². The maximum Gasteiger partial charge on any atom is 0.136 e. The summed E-state index contributed by atoms with van der Waals surface area (Å²) in [6.45, 7) is 0. The van der Waals surface area contributed by atoms with Crippen LogP contribution in [0.1, 0.15) is 0 Å². The van der Waals surface area contributed by atoms with E-state index in [0.717, 1.165) is 22.2 Å². The number of hydrogen-bond acceptors (Lipinski definition) is 1. The summed E-state index contributed by atoms with van der Waals surface area (Å²) in [6, 6.07) is 63.2. The van der Waals surface area contributed by atoms with Gasteiger partial charge in [-0.1, -0.05) is 133 Å². The maximum atomic E-state index is 6.34. The van der Waals surface area contributed by atoms with Crippen LogP contribution in [0.4, 0.5) is 0 Å². The zero-order valence-corrected chi connectivity index (χ0v) is 26.1. The lowest BCUT2D eigenvalue weighted by Crippen LogP contribution is -1.94. The predicted octanol–water partition coefficient (Wildman–Crippen LogP) is 12.8. The van der Waals surface area contributed by atoms with Crippen LogP contribution in [0, 0.1) is 0 Å². The summed E-state index contributed by atoms with van der Waals surface area (Å²) < 4.78 is 8.74. The van der Waals surface area contributed by atoms with Crippen LogP contribution in [0.5, 0.6) is 0 Å². The smallest absolute Gasteiger partial charge is 0.136 e. The van der Waals surface area contributed by atoms with Gasteiger partial charge in [-0.05, 0) is 81.2 Å². The third kappa shape index (κ3) is 4.06. The van der Waals surface area contributed by atoms with E-state index in [1.165, 1.54) is 71.3 Å². The van der Waals surface area contributed by atoms with Crippen LogP contribution in [0.15, 0.2) is 180 Å². The molecule has 0 saturated carbocycles. The van der Waals surface area contributed by atoms with Gasteiger partial charge in [0.2, 0.25) is 0 Å². The minimum absolute atomic E-state index is 0.919. The fourth-order valence-electron chi connectivity index (χ4n) is 7.62. The lowest BCUT2D eigenvalue weighted by Gasteiger charge is -2.14. The number of fused-ring (bicyclic) bond motifs is 9. The average molecular weight is 612 g/mol. The van der Waals surface area contributed by atoms with Gasteiger partial charge in [-0.15, -0.1) is 0 Å². The van der Waals surface area contributed by atoms with Gasteiger partial charge in [-0.25, -0.2) is 0 Å². The van der Waals surface area contributed by atoms with Crippen LogP contribution in [-0.4, -0.2) is 4.57 Å². The Morgan fingerprint density at radius 3 is 1.81 bits per heavy atom. The second-order valence-electron chi connectivity index (χ2n) is 12.5. The molecule has 0 unspecified atom stereocenters. The van der Waals surface area contributed by atoms with Crippen molar-refractivity contribution in [3.05, 3.63) is 176 Å². The Kier molecular flexibility index (Phi) is 5.91. The number of nitrogens with zero attached hydrogens (tertiary/aromatic N) is 1. The summed E-state index contributed by atoms with van der Waals surface area (Å²) in [4.78, 5) is 0. The molecule has 10 rings (SSSR count). The number of furan rings is 1. The summed E-state index contributed by atoms with van der Waals surface area (Å²) in [6.07, 6.45) is 0. The molecule has 224 valence electrons. The molecule has 0 saturated heterocycles. The molecule has 2 nitrogen and oxygen atoms in total. The summed E-state index contributed by atoms with van der Waals surface area (Å²) in [5.74, 6) is 0. The van der Waals surface area contributed by atoms with E-state index in [-0.39, 0.29) is 0 Å². The van der Waals surface area contributed by atoms with E-state index in [0.29, 0.717) is 0 Å². The fourth-order valence-corrected chi connectivity index (χ4v) is 7.62. The van der Waals surface area contributed by atoms with Gasteiger partial charge in [0.25, 0.3) is 0 Å². The molecule has 0 fully saturated rings. The molecule has 0 aliphatic heterocycles. The van der Waals surface area contributed by atoms with E-state index in [9.17, 15) is 0 Å². The number of aromatic nitrogens is 1. The maximum absolute atomic E-state index is 6.34. The Hall–Kier alpha value is -6.38. The molecule has 0 bridgehead atoms. The zero-order valence-electron chi connectivity index (χ0n) is 26.1. The van der Waals surface area contributed by atoms with E-state index in [1.54, 1.807) is 0 Å². The van der Waals surface area contributed by atoms with Crippen molar-refractivity contribution >= 4 is 54.5 Å². The zero-order chi connectivity index (χ0) is 31.6. The van der Waals surface area contributed by atoms with Crippen molar-refractivity contribution < 1.29 is 4.42 Å². The third-order valence-electron chi connectivity index (χ3n) is 9.81. The summed E-state index contributed by atoms with van der Waals surface area (Å²) in [5.41, 5.74) is 12.6. The molecular formula is C46H29NO. The Morgan fingerprint density at radius 1 is 0.354 bits per heavy atom. The first kappa shape index (κ1) is 26.8. The average Bonchev–Trinajstić information content (AvgIpc) is 3.71. The van der Waals surface area contributed by atoms with Gasteiger partial charge >= 0.3 is 0 Å². The van der Waals surface area contributed by atoms with Crippen molar-refractivity contribution in [3.8, 4) is 39.1 Å². The monoisotopic (exact) mass is 611 g/mol. The van der Waals surface area contributed by atoms with Crippen molar-refractivity contribution in [2.75, 3.05) is 0 Å². The molecular weight excluding hydrogens is 583 g/mol. The summed E-state index contributed by atoms with van der Waals surface area (Å²) in [7, 11) is 0. The van der Waals surface area contributed by atoms with Crippen molar-refractivity contribution in [1.82, 2.24) is 4.57 Å². The van der Waals surface area contributed by atoms with Gasteiger partial charge in [0.05, 0.1) is 11.0 Å². The quantitative estimate of drug-likeness (QED) is 0.194. The molecule has 0 N–H and O–H groups in total. The van der Waals surface area contributed by atoms with Crippen LogP contribution in [0.25, 0.3) is 93.6 Å². The molecule has 0 radical (unpaired) electrons. The van der Waals surface area contributed by atoms with E-state index in [4.69, 9.17) is 4.42 Å². The Bertz CT molecular complexity index is 2800. The topological polar surface area (TPSA) is 18.1 Å². The first-order valence-corrected chi connectivity index (χ1v) is 16.4. The molecule has 0 aliphatic rings. The minimum atomic E-state index is 0.919. The number of para-hydroxylation sites is 2. The van der Waals surface area contributed by atoms with Gasteiger partial charge in [0, 0.05) is 32.6 Å². The highest BCUT2D eigenvalue weighted by molar-refractivity contribution is 6.32. The van der Waals surface area contributed by atoms with E-state index < -0.39 is 0 Å². The molecule has 0 atom stereocenters. The van der Waals surface area contributed by atoms with Gasteiger partial charge in [0.15, 0.2) is 0 Å². The second kappa shape index (κ2) is 10.6. The van der Waals surface area contributed by atoms with Crippen LogP contribution in [0.3, 0.4) is 0 Å². The van der Waals surface area contributed by atoms with Crippen molar-refractivity contribution in [2.45, 2.75) is 0 Å². The molecule has 2 heterocycles. The molecule has 48 heavy (non-hydrogen) atoms. The lowest BCUT2D eigenvalue weighted by molar-refractivity contribution is 0.669. The third-order valence-corrected chi connectivity index (χ3v) is 9.81. The fraction of sp³-hybridized carbons (Fsp3) is 0. The second-order valence-corrected chi connectivity index (χ2v) is 12.5. The number of rotatable bonds is 4.